The third kappa shape index (κ3) is 3.27. The molecule has 3 rings (SSSR count). The highest BCUT2D eigenvalue weighted by atomic mass is 19.4. The molecule has 0 spiro atoms. The molecule has 3 aromatic rings. The number of hydrogen-bond donors (Lipinski definition) is 2. The van der Waals surface area contributed by atoms with Crippen LogP contribution in [0.25, 0.3) is 11.3 Å². The van der Waals surface area contributed by atoms with Crippen molar-refractivity contribution in [3.63, 3.8) is 0 Å². The van der Waals surface area contributed by atoms with E-state index in [-0.39, 0.29) is 17.1 Å². The lowest BCUT2D eigenvalue weighted by atomic mass is 10.0. The molecule has 0 saturated carbocycles. The van der Waals surface area contributed by atoms with E-state index in [1.807, 2.05) is 0 Å². The maximum atomic E-state index is 13.1. The lowest BCUT2D eigenvalue weighted by Crippen LogP contribution is -2.12. The molecule has 0 unspecified atom stereocenters. The summed E-state index contributed by atoms with van der Waals surface area (Å²) in [7, 11) is 0. The third-order valence-corrected chi connectivity index (χ3v) is 3.27. The number of benzene rings is 1. The minimum atomic E-state index is -4.49. The van der Waals surface area contributed by atoms with E-state index in [2.05, 4.69) is 20.5 Å². The Morgan fingerprint density at radius 1 is 1.12 bits per heavy atom. The van der Waals surface area contributed by atoms with Crippen molar-refractivity contribution in [1.82, 2.24) is 15.2 Å². The van der Waals surface area contributed by atoms with Crippen molar-refractivity contribution < 1.29 is 18.0 Å². The van der Waals surface area contributed by atoms with Crippen molar-refractivity contribution in [3.05, 3.63) is 66.0 Å². The van der Waals surface area contributed by atoms with E-state index in [9.17, 15) is 18.0 Å². The Hall–Kier alpha value is -3.16. The Balaban J connectivity index is 1.86. The van der Waals surface area contributed by atoms with Crippen LogP contribution < -0.4 is 5.32 Å². The molecule has 0 atom stereocenters. The average molecular weight is 332 g/mol. The van der Waals surface area contributed by atoms with Gasteiger partial charge in [0.2, 0.25) is 0 Å². The Bertz CT molecular complexity index is 859. The van der Waals surface area contributed by atoms with Crippen LogP contribution in [0, 0.1) is 0 Å². The number of amides is 1. The average Bonchev–Trinajstić information content (AvgIpc) is 3.03. The normalized spacial score (nSPS) is 11.3. The second kappa shape index (κ2) is 6.15. The van der Waals surface area contributed by atoms with E-state index in [4.69, 9.17) is 0 Å². The Morgan fingerprint density at radius 3 is 2.62 bits per heavy atom. The van der Waals surface area contributed by atoms with Crippen molar-refractivity contribution in [3.8, 4) is 11.3 Å². The lowest BCUT2D eigenvalue weighted by molar-refractivity contribution is -0.137. The number of pyridine rings is 1. The molecule has 1 amide bonds. The zero-order valence-electron chi connectivity index (χ0n) is 12.1. The van der Waals surface area contributed by atoms with E-state index in [1.165, 1.54) is 36.7 Å². The highest BCUT2D eigenvalue weighted by molar-refractivity contribution is 6.03. The minimum absolute atomic E-state index is 0.0422. The molecule has 0 fully saturated rings. The number of rotatable bonds is 3. The summed E-state index contributed by atoms with van der Waals surface area (Å²) in [6.45, 7) is 0. The minimum Gasteiger partial charge on any atom is -0.305 e. The molecular weight excluding hydrogens is 321 g/mol. The Kier molecular flexibility index (Phi) is 4.03. The van der Waals surface area contributed by atoms with Crippen molar-refractivity contribution in [1.29, 1.82) is 0 Å². The standard InChI is InChI=1S/C16H11F3N4O/c17-16(18,19)12-6-2-1-5-11(12)13-8-14(23-22-13)21-15(24)10-4-3-7-20-9-10/h1-9H,(H2,21,22,23,24). The summed E-state index contributed by atoms with van der Waals surface area (Å²) in [6.07, 6.45) is -1.58. The lowest BCUT2D eigenvalue weighted by Gasteiger charge is -2.10. The summed E-state index contributed by atoms with van der Waals surface area (Å²) in [4.78, 5) is 15.8. The van der Waals surface area contributed by atoms with Crippen LogP contribution in [0.4, 0.5) is 19.0 Å². The summed E-state index contributed by atoms with van der Waals surface area (Å²) < 4.78 is 39.2. The van der Waals surface area contributed by atoms with E-state index in [1.54, 1.807) is 12.1 Å². The molecule has 0 radical (unpaired) electrons. The third-order valence-electron chi connectivity index (χ3n) is 3.27. The molecule has 2 heterocycles. The first-order chi connectivity index (χ1) is 11.4. The van der Waals surface area contributed by atoms with Gasteiger partial charge in [-0.3, -0.25) is 14.9 Å². The largest absolute Gasteiger partial charge is 0.417 e. The number of nitrogens with one attached hydrogen (secondary N) is 2. The first-order valence-corrected chi connectivity index (χ1v) is 6.88. The maximum Gasteiger partial charge on any atom is 0.417 e. The molecule has 0 aliphatic rings. The number of halogens is 3. The predicted molar refractivity (Wildman–Crippen MR) is 81.2 cm³/mol. The second-order valence-corrected chi connectivity index (χ2v) is 4.91. The maximum absolute atomic E-state index is 13.1. The number of nitrogens with zero attached hydrogens (tertiary/aromatic N) is 2. The smallest absolute Gasteiger partial charge is 0.305 e. The molecule has 8 heteroatoms. The molecular formula is C16H11F3N4O. The van der Waals surface area contributed by atoms with Crippen LogP contribution in [0.15, 0.2) is 54.9 Å². The summed E-state index contributed by atoms with van der Waals surface area (Å²) in [5.74, 6) is -0.332. The van der Waals surface area contributed by atoms with Gasteiger partial charge in [0.05, 0.1) is 16.8 Å². The van der Waals surface area contributed by atoms with Crippen LogP contribution >= 0.6 is 0 Å². The van der Waals surface area contributed by atoms with Gasteiger partial charge in [-0.2, -0.15) is 18.3 Å². The number of alkyl halides is 3. The van der Waals surface area contributed by atoms with Crippen LogP contribution in [-0.2, 0) is 6.18 Å². The number of carbonyl (C=O) groups is 1. The summed E-state index contributed by atoms with van der Waals surface area (Å²) >= 11 is 0. The number of H-pyrrole nitrogens is 1. The highest BCUT2D eigenvalue weighted by Gasteiger charge is 2.33. The van der Waals surface area contributed by atoms with Crippen LogP contribution in [0.3, 0.4) is 0 Å². The van der Waals surface area contributed by atoms with Gasteiger partial charge in [-0.25, -0.2) is 0 Å². The van der Waals surface area contributed by atoms with Gasteiger partial charge in [-0.15, -0.1) is 0 Å². The fourth-order valence-corrected chi connectivity index (χ4v) is 2.17. The van der Waals surface area contributed by atoms with Gasteiger partial charge < -0.3 is 5.32 Å². The van der Waals surface area contributed by atoms with Crippen LogP contribution in [0.2, 0.25) is 0 Å². The summed E-state index contributed by atoms with van der Waals surface area (Å²) in [5, 5.41) is 8.85. The second-order valence-electron chi connectivity index (χ2n) is 4.91. The number of carbonyl (C=O) groups excluding carboxylic acids is 1. The van der Waals surface area contributed by atoms with Gasteiger partial charge in [-0.05, 0) is 18.2 Å². The molecule has 0 bridgehead atoms. The van der Waals surface area contributed by atoms with Crippen molar-refractivity contribution in [2.45, 2.75) is 6.18 Å². The molecule has 1 aromatic carbocycles. The summed E-state index contributed by atoms with van der Waals surface area (Å²) in [5.41, 5.74) is -0.347. The zero-order valence-corrected chi connectivity index (χ0v) is 12.1. The molecule has 0 aliphatic carbocycles. The highest BCUT2D eigenvalue weighted by Crippen LogP contribution is 2.36. The number of aromatic amines is 1. The molecule has 2 N–H and O–H groups in total. The van der Waals surface area contributed by atoms with Gasteiger partial charge in [-0.1, -0.05) is 18.2 Å². The fourth-order valence-electron chi connectivity index (χ4n) is 2.17. The molecule has 0 saturated heterocycles. The van der Waals surface area contributed by atoms with Gasteiger partial charge in [0, 0.05) is 24.0 Å². The Labute approximate surface area is 134 Å². The molecule has 5 nitrogen and oxygen atoms in total. The summed E-state index contributed by atoms with van der Waals surface area (Å²) in [6, 6.07) is 9.65. The topological polar surface area (TPSA) is 70.7 Å². The first kappa shape index (κ1) is 15.7. The van der Waals surface area contributed by atoms with Crippen LogP contribution in [0.1, 0.15) is 15.9 Å². The number of aromatic nitrogens is 3. The van der Waals surface area contributed by atoms with Crippen molar-refractivity contribution in [2.75, 3.05) is 5.32 Å². The quantitative estimate of drug-likeness (QED) is 0.767. The van der Waals surface area contributed by atoms with Crippen LogP contribution in [-0.4, -0.2) is 21.1 Å². The van der Waals surface area contributed by atoms with Crippen LogP contribution in [0.5, 0.6) is 0 Å². The Morgan fingerprint density at radius 2 is 1.92 bits per heavy atom. The van der Waals surface area contributed by atoms with E-state index < -0.39 is 17.6 Å². The zero-order chi connectivity index (χ0) is 17.2. The SMILES string of the molecule is O=C(Nc1cc(-c2ccccc2C(F)(F)F)[nH]n1)c1cccnc1. The van der Waals surface area contributed by atoms with E-state index >= 15 is 0 Å². The first-order valence-electron chi connectivity index (χ1n) is 6.88. The number of anilines is 1. The molecule has 122 valence electrons. The van der Waals surface area contributed by atoms with Gasteiger partial charge >= 0.3 is 6.18 Å². The van der Waals surface area contributed by atoms with Gasteiger partial charge in [0.15, 0.2) is 5.82 Å². The molecule has 2 aromatic heterocycles. The van der Waals surface area contributed by atoms with Gasteiger partial charge in [0.1, 0.15) is 0 Å². The monoisotopic (exact) mass is 332 g/mol. The number of hydrogen-bond acceptors (Lipinski definition) is 3. The van der Waals surface area contributed by atoms with Crippen molar-refractivity contribution >= 4 is 11.7 Å². The van der Waals surface area contributed by atoms with Crippen molar-refractivity contribution in [2.24, 2.45) is 0 Å². The van der Waals surface area contributed by atoms with E-state index in [0.717, 1.165) is 6.07 Å². The molecule has 24 heavy (non-hydrogen) atoms. The van der Waals surface area contributed by atoms with E-state index in [0.29, 0.717) is 5.56 Å². The predicted octanol–water partition coefficient (Wildman–Crippen LogP) is 3.74. The molecule has 0 aliphatic heterocycles. The fraction of sp³-hybridized carbons (Fsp3) is 0.0625. The van der Waals surface area contributed by atoms with Gasteiger partial charge in [0.25, 0.3) is 5.91 Å².